The molecule has 1 aliphatic rings. The van der Waals surface area contributed by atoms with E-state index in [0.29, 0.717) is 13.0 Å². The van der Waals surface area contributed by atoms with Gasteiger partial charge in [0.2, 0.25) is 0 Å². The Morgan fingerprint density at radius 3 is 2.81 bits per heavy atom. The molecule has 1 heterocycles. The molecule has 0 aliphatic carbocycles. The lowest BCUT2D eigenvalue weighted by Crippen LogP contribution is -1.97. The molecular weight excluding hydrogens is 204 g/mol. The van der Waals surface area contributed by atoms with E-state index >= 15 is 0 Å². The molecule has 86 valence electrons. The van der Waals surface area contributed by atoms with Crippen LogP contribution in [-0.4, -0.2) is 19.5 Å². The highest BCUT2D eigenvalue weighted by atomic mass is 16.5. The first-order valence-corrected chi connectivity index (χ1v) is 5.72. The van der Waals surface area contributed by atoms with Crippen molar-refractivity contribution in [3.05, 3.63) is 23.8 Å². The average Bonchev–Trinajstić information content (AvgIpc) is 2.54. The third-order valence-electron chi connectivity index (χ3n) is 2.60. The molecule has 0 unspecified atom stereocenters. The van der Waals surface area contributed by atoms with Crippen LogP contribution in [0.4, 0.5) is 0 Å². The fourth-order valence-corrected chi connectivity index (χ4v) is 1.75. The largest absolute Gasteiger partial charge is 0.490 e. The van der Waals surface area contributed by atoms with Crippen LogP contribution in [0.1, 0.15) is 24.8 Å². The van der Waals surface area contributed by atoms with E-state index in [0.717, 1.165) is 43.7 Å². The lowest BCUT2D eigenvalue weighted by molar-refractivity contribution is -0.107. The van der Waals surface area contributed by atoms with Gasteiger partial charge in [0.05, 0.1) is 13.2 Å². The number of benzene rings is 1. The van der Waals surface area contributed by atoms with Crippen LogP contribution in [0.25, 0.3) is 0 Å². The van der Waals surface area contributed by atoms with Crippen molar-refractivity contribution in [3.8, 4) is 11.5 Å². The summed E-state index contributed by atoms with van der Waals surface area (Å²) in [4.78, 5) is 10.2. The van der Waals surface area contributed by atoms with Gasteiger partial charge in [0.25, 0.3) is 0 Å². The van der Waals surface area contributed by atoms with Crippen LogP contribution in [0.5, 0.6) is 11.5 Å². The van der Waals surface area contributed by atoms with Gasteiger partial charge >= 0.3 is 0 Å². The maximum absolute atomic E-state index is 10.2. The molecule has 0 spiro atoms. The summed E-state index contributed by atoms with van der Waals surface area (Å²) in [6, 6.07) is 6.01. The molecule has 1 aliphatic heterocycles. The Morgan fingerprint density at radius 1 is 1.19 bits per heavy atom. The number of unbranched alkanes of at least 4 members (excludes halogenated alkanes) is 1. The summed E-state index contributed by atoms with van der Waals surface area (Å²) in [6.45, 7) is 1.43. The molecular formula is C13H16O3. The van der Waals surface area contributed by atoms with E-state index < -0.39 is 0 Å². The molecule has 0 fully saturated rings. The number of aryl methyl sites for hydroxylation is 1. The van der Waals surface area contributed by atoms with Gasteiger partial charge in [-0.3, -0.25) is 0 Å². The van der Waals surface area contributed by atoms with Crippen molar-refractivity contribution in [2.45, 2.75) is 25.7 Å². The van der Waals surface area contributed by atoms with Gasteiger partial charge in [0.15, 0.2) is 11.5 Å². The highest BCUT2D eigenvalue weighted by molar-refractivity contribution is 5.49. The van der Waals surface area contributed by atoms with Crippen LogP contribution in [0.3, 0.4) is 0 Å². The summed E-state index contributed by atoms with van der Waals surface area (Å²) in [7, 11) is 0. The second kappa shape index (κ2) is 5.54. The van der Waals surface area contributed by atoms with E-state index in [9.17, 15) is 4.79 Å². The monoisotopic (exact) mass is 220 g/mol. The molecule has 0 saturated heterocycles. The summed E-state index contributed by atoms with van der Waals surface area (Å²) in [6.07, 6.45) is 4.31. The lowest BCUT2D eigenvalue weighted by Gasteiger charge is -2.08. The van der Waals surface area contributed by atoms with E-state index in [1.54, 1.807) is 0 Å². The van der Waals surface area contributed by atoms with Gasteiger partial charge in [0.1, 0.15) is 6.29 Å². The quantitative estimate of drug-likeness (QED) is 0.577. The van der Waals surface area contributed by atoms with E-state index in [2.05, 4.69) is 0 Å². The number of ether oxygens (including phenoxy) is 2. The molecule has 0 aromatic heterocycles. The molecule has 2 rings (SSSR count). The normalized spacial score (nSPS) is 14.2. The third kappa shape index (κ3) is 2.75. The molecule has 0 radical (unpaired) electrons. The van der Waals surface area contributed by atoms with Crippen molar-refractivity contribution in [2.75, 3.05) is 13.2 Å². The Bertz CT molecular complexity index is 360. The van der Waals surface area contributed by atoms with Gasteiger partial charge in [-0.15, -0.1) is 0 Å². The number of carbonyl (C=O) groups is 1. The van der Waals surface area contributed by atoms with E-state index in [4.69, 9.17) is 9.47 Å². The predicted octanol–water partition coefficient (Wildman–Crippen LogP) is 2.37. The molecule has 1 aromatic carbocycles. The van der Waals surface area contributed by atoms with Crippen molar-refractivity contribution in [1.29, 1.82) is 0 Å². The average molecular weight is 220 g/mol. The Balaban J connectivity index is 2.05. The fraction of sp³-hybridized carbons (Fsp3) is 0.462. The minimum atomic E-state index is 0.619. The van der Waals surface area contributed by atoms with Crippen LogP contribution in [0.2, 0.25) is 0 Å². The minimum absolute atomic E-state index is 0.619. The topological polar surface area (TPSA) is 35.5 Å². The van der Waals surface area contributed by atoms with Gasteiger partial charge in [-0.05, 0) is 30.5 Å². The molecule has 0 N–H and O–H groups in total. The van der Waals surface area contributed by atoms with E-state index in [-0.39, 0.29) is 0 Å². The standard InChI is InChI=1S/C13H16O3/c14-7-2-1-4-11-5-6-12-13(10-11)16-9-3-8-15-12/h5-7,10H,1-4,8-9H2. The Kier molecular flexibility index (Phi) is 3.81. The fourth-order valence-electron chi connectivity index (χ4n) is 1.75. The number of carbonyl (C=O) groups excluding carboxylic acids is 1. The van der Waals surface area contributed by atoms with Crippen LogP contribution < -0.4 is 9.47 Å². The first kappa shape index (κ1) is 11.0. The predicted molar refractivity (Wildman–Crippen MR) is 61.1 cm³/mol. The molecule has 3 nitrogen and oxygen atoms in total. The first-order chi connectivity index (χ1) is 7.90. The van der Waals surface area contributed by atoms with Crippen molar-refractivity contribution in [3.63, 3.8) is 0 Å². The molecule has 0 amide bonds. The second-order valence-corrected chi connectivity index (χ2v) is 3.89. The summed E-state index contributed by atoms with van der Waals surface area (Å²) < 4.78 is 11.1. The first-order valence-electron chi connectivity index (χ1n) is 5.72. The SMILES string of the molecule is O=CCCCc1ccc2c(c1)OCCCO2. The smallest absolute Gasteiger partial charge is 0.161 e. The van der Waals surface area contributed by atoms with Crippen molar-refractivity contribution in [1.82, 2.24) is 0 Å². The summed E-state index contributed by atoms with van der Waals surface area (Å²) >= 11 is 0. The van der Waals surface area contributed by atoms with E-state index in [1.807, 2.05) is 18.2 Å². The number of rotatable bonds is 4. The number of hydrogen-bond donors (Lipinski definition) is 0. The van der Waals surface area contributed by atoms with Crippen LogP contribution in [-0.2, 0) is 11.2 Å². The van der Waals surface area contributed by atoms with Gasteiger partial charge in [-0.25, -0.2) is 0 Å². The van der Waals surface area contributed by atoms with Crippen LogP contribution >= 0.6 is 0 Å². The maximum atomic E-state index is 10.2. The lowest BCUT2D eigenvalue weighted by atomic mass is 10.1. The zero-order valence-corrected chi connectivity index (χ0v) is 9.28. The molecule has 0 saturated carbocycles. The van der Waals surface area contributed by atoms with E-state index in [1.165, 1.54) is 5.56 Å². The minimum Gasteiger partial charge on any atom is -0.490 e. The number of fused-ring (bicyclic) bond motifs is 1. The molecule has 16 heavy (non-hydrogen) atoms. The summed E-state index contributed by atoms with van der Waals surface area (Å²) in [5.74, 6) is 1.66. The van der Waals surface area contributed by atoms with Gasteiger partial charge in [0, 0.05) is 12.8 Å². The highest BCUT2D eigenvalue weighted by Crippen LogP contribution is 2.30. The Morgan fingerprint density at radius 2 is 2.00 bits per heavy atom. The molecule has 0 bridgehead atoms. The van der Waals surface area contributed by atoms with Gasteiger partial charge < -0.3 is 14.3 Å². The van der Waals surface area contributed by atoms with Gasteiger partial charge in [-0.1, -0.05) is 6.07 Å². The van der Waals surface area contributed by atoms with Crippen molar-refractivity contribution < 1.29 is 14.3 Å². The number of hydrogen-bond acceptors (Lipinski definition) is 3. The van der Waals surface area contributed by atoms with Gasteiger partial charge in [-0.2, -0.15) is 0 Å². The molecule has 0 atom stereocenters. The van der Waals surface area contributed by atoms with Crippen LogP contribution in [0, 0.1) is 0 Å². The molecule has 1 aromatic rings. The Hall–Kier alpha value is -1.51. The van der Waals surface area contributed by atoms with Crippen molar-refractivity contribution in [2.24, 2.45) is 0 Å². The zero-order valence-electron chi connectivity index (χ0n) is 9.28. The Labute approximate surface area is 95.4 Å². The number of aldehydes is 1. The molecule has 3 heteroatoms. The second-order valence-electron chi connectivity index (χ2n) is 3.89. The van der Waals surface area contributed by atoms with Crippen molar-refractivity contribution >= 4 is 6.29 Å². The summed E-state index contributed by atoms with van der Waals surface area (Å²) in [5, 5.41) is 0. The summed E-state index contributed by atoms with van der Waals surface area (Å²) in [5.41, 5.74) is 1.20. The highest BCUT2D eigenvalue weighted by Gasteiger charge is 2.10. The third-order valence-corrected chi connectivity index (χ3v) is 2.60. The van der Waals surface area contributed by atoms with Crippen LogP contribution in [0.15, 0.2) is 18.2 Å². The maximum Gasteiger partial charge on any atom is 0.161 e. The zero-order chi connectivity index (χ0) is 11.2.